The molecule has 10 heteroatoms. The number of nitrogens with zero attached hydrogens (tertiary/aromatic N) is 5. The zero-order chi connectivity index (χ0) is 18.4. The van der Waals surface area contributed by atoms with E-state index in [0.717, 1.165) is 5.56 Å². The molecule has 1 fully saturated rings. The number of phenols is 1. The molecule has 10 nitrogen and oxygen atoms in total. The number of anilines is 2. The van der Waals surface area contributed by atoms with Gasteiger partial charge < -0.3 is 24.2 Å². The molecule has 0 amide bonds. The summed E-state index contributed by atoms with van der Waals surface area (Å²) in [6, 6.07) is 5.09. The van der Waals surface area contributed by atoms with E-state index >= 15 is 0 Å². The van der Waals surface area contributed by atoms with Gasteiger partial charge in [-0.2, -0.15) is 20.1 Å². The van der Waals surface area contributed by atoms with E-state index in [0.29, 0.717) is 38.0 Å². The van der Waals surface area contributed by atoms with Crippen molar-refractivity contribution in [2.24, 2.45) is 5.10 Å². The van der Waals surface area contributed by atoms with Crippen molar-refractivity contribution in [1.82, 2.24) is 15.0 Å². The van der Waals surface area contributed by atoms with Gasteiger partial charge >= 0.3 is 6.01 Å². The summed E-state index contributed by atoms with van der Waals surface area (Å²) in [5.74, 6) is 1.20. The first-order chi connectivity index (χ1) is 12.7. The predicted octanol–water partition coefficient (Wildman–Crippen LogP) is 0.877. The Morgan fingerprint density at radius 2 is 2.00 bits per heavy atom. The lowest BCUT2D eigenvalue weighted by Crippen LogP contribution is -2.37. The number of rotatable bonds is 6. The van der Waals surface area contributed by atoms with E-state index in [4.69, 9.17) is 14.2 Å². The molecular weight excluding hydrogens is 340 g/mol. The van der Waals surface area contributed by atoms with Crippen LogP contribution in [0, 0.1) is 0 Å². The van der Waals surface area contributed by atoms with E-state index in [2.05, 4.69) is 25.5 Å². The standard InChI is InChI=1S/C16H20N6O4/c1-24-13-9-11(3-4-12(13)23)10-17-21-14-18-15(20-16(19-14)25-2)22-5-7-26-8-6-22/h3-4,9-10,23H,5-8H2,1-2H3,(H,18,19,20,21)/b17-10+. The monoisotopic (exact) mass is 360 g/mol. The van der Waals surface area contributed by atoms with Crippen LogP contribution in [0.4, 0.5) is 11.9 Å². The fourth-order valence-corrected chi connectivity index (χ4v) is 2.33. The lowest BCUT2D eigenvalue weighted by molar-refractivity contribution is 0.122. The summed E-state index contributed by atoms with van der Waals surface area (Å²) in [4.78, 5) is 14.8. The van der Waals surface area contributed by atoms with Gasteiger partial charge in [-0.25, -0.2) is 5.43 Å². The van der Waals surface area contributed by atoms with Crippen LogP contribution >= 0.6 is 0 Å². The third-order valence-electron chi connectivity index (χ3n) is 3.66. The van der Waals surface area contributed by atoms with Crippen LogP contribution in [-0.2, 0) is 4.74 Å². The van der Waals surface area contributed by atoms with Crippen molar-refractivity contribution in [2.45, 2.75) is 0 Å². The molecule has 1 aromatic carbocycles. The van der Waals surface area contributed by atoms with E-state index < -0.39 is 0 Å². The maximum atomic E-state index is 9.61. The van der Waals surface area contributed by atoms with Gasteiger partial charge in [-0.15, -0.1) is 0 Å². The number of aromatic nitrogens is 3. The van der Waals surface area contributed by atoms with Crippen molar-refractivity contribution in [3.05, 3.63) is 23.8 Å². The third-order valence-corrected chi connectivity index (χ3v) is 3.66. The molecule has 2 heterocycles. The zero-order valence-corrected chi connectivity index (χ0v) is 14.5. The highest BCUT2D eigenvalue weighted by Gasteiger charge is 2.16. The Kier molecular flexibility index (Phi) is 5.64. The number of nitrogens with one attached hydrogen (secondary N) is 1. The lowest BCUT2D eigenvalue weighted by Gasteiger charge is -2.26. The zero-order valence-electron chi connectivity index (χ0n) is 14.5. The average molecular weight is 360 g/mol. The fourth-order valence-electron chi connectivity index (χ4n) is 2.33. The Hall–Kier alpha value is -3.14. The first-order valence-electron chi connectivity index (χ1n) is 7.98. The minimum absolute atomic E-state index is 0.0648. The molecule has 0 bridgehead atoms. The normalized spacial score (nSPS) is 14.5. The first kappa shape index (κ1) is 17.7. The van der Waals surface area contributed by atoms with Crippen molar-refractivity contribution < 1.29 is 19.3 Å². The summed E-state index contributed by atoms with van der Waals surface area (Å²) in [5, 5.41) is 13.7. The molecule has 0 aliphatic carbocycles. The number of benzene rings is 1. The van der Waals surface area contributed by atoms with Gasteiger partial charge in [0.25, 0.3) is 5.95 Å². The highest BCUT2D eigenvalue weighted by atomic mass is 16.5. The van der Waals surface area contributed by atoms with Crippen LogP contribution in [0.5, 0.6) is 17.5 Å². The van der Waals surface area contributed by atoms with Crippen molar-refractivity contribution in [3.8, 4) is 17.5 Å². The number of hydrogen-bond donors (Lipinski definition) is 2. The number of hydrazone groups is 1. The number of methoxy groups -OCH3 is 2. The second-order valence-corrected chi connectivity index (χ2v) is 5.35. The summed E-state index contributed by atoms with van der Waals surface area (Å²) in [6.07, 6.45) is 1.56. The molecule has 0 spiro atoms. The highest BCUT2D eigenvalue weighted by molar-refractivity contribution is 5.81. The van der Waals surface area contributed by atoms with Crippen LogP contribution in [0.2, 0.25) is 0 Å². The molecule has 138 valence electrons. The SMILES string of the molecule is COc1nc(N/N=C/c2ccc(O)c(OC)c2)nc(N2CCOCC2)n1. The molecule has 3 rings (SSSR count). The van der Waals surface area contributed by atoms with Crippen LogP contribution in [0.15, 0.2) is 23.3 Å². The summed E-state index contributed by atoms with van der Waals surface area (Å²) in [5.41, 5.74) is 3.50. The number of phenolic OH excluding ortho intramolecular Hbond substituents is 1. The summed E-state index contributed by atoms with van der Waals surface area (Å²) < 4.78 is 15.5. The molecule has 0 unspecified atom stereocenters. The van der Waals surface area contributed by atoms with Gasteiger partial charge in [0.2, 0.25) is 5.95 Å². The van der Waals surface area contributed by atoms with E-state index in [9.17, 15) is 5.11 Å². The number of hydrogen-bond acceptors (Lipinski definition) is 10. The molecule has 2 aromatic rings. The fraction of sp³-hybridized carbons (Fsp3) is 0.375. The van der Waals surface area contributed by atoms with Gasteiger partial charge in [0, 0.05) is 13.1 Å². The van der Waals surface area contributed by atoms with Crippen LogP contribution in [0.25, 0.3) is 0 Å². The Balaban J connectivity index is 1.74. The highest BCUT2D eigenvalue weighted by Crippen LogP contribution is 2.25. The average Bonchev–Trinajstić information content (AvgIpc) is 2.69. The van der Waals surface area contributed by atoms with Crippen molar-refractivity contribution in [2.75, 3.05) is 50.8 Å². The van der Waals surface area contributed by atoms with E-state index in [-0.39, 0.29) is 17.7 Å². The smallest absolute Gasteiger partial charge is 0.322 e. The van der Waals surface area contributed by atoms with E-state index in [1.807, 2.05) is 4.90 Å². The minimum Gasteiger partial charge on any atom is -0.504 e. The van der Waals surface area contributed by atoms with Gasteiger partial charge in [-0.1, -0.05) is 0 Å². The maximum Gasteiger partial charge on any atom is 0.322 e. The third kappa shape index (κ3) is 4.28. The second-order valence-electron chi connectivity index (χ2n) is 5.35. The molecule has 0 atom stereocenters. The minimum atomic E-state index is 0.0648. The van der Waals surface area contributed by atoms with E-state index in [1.54, 1.807) is 18.3 Å². The van der Waals surface area contributed by atoms with E-state index in [1.165, 1.54) is 20.3 Å². The van der Waals surface area contributed by atoms with Crippen molar-refractivity contribution in [1.29, 1.82) is 0 Å². The first-order valence-corrected chi connectivity index (χ1v) is 7.98. The molecular formula is C16H20N6O4. The summed E-state index contributed by atoms with van der Waals surface area (Å²) in [7, 11) is 2.98. The topological polar surface area (TPSA) is 114 Å². The lowest BCUT2D eigenvalue weighted by atomic mass is 10.2. The Labute approximate surface area is 150 Å². The van der Waals surface area contributed by atoms with Crippen molar-refractivity contribution >= 4 is 18.1 Å². The molecule has 2 N–H and O–H groups in total. The maximum absolute atomic E-state index is 9.61. The summed E-state index contributed by atoms with van der Waals surface area (Å²) in [6.45, 7) is 2.64. The molecule has 1 aliphatic rings. The van der Waals surface area contributed by atoms with Gasteiger partial charge in [-0.3, -0.25) is 0 Å². The largest absolute Gasteiger partial charge is 0.504 e. The van der Waals surface area contributed by atoms with Gasteiger partial charge in [0.15, 0.2) is 11.5 Å². The van der Waals surface area contributed by atoms with Gasteiger partial charge in [-0.05, 0) is 23.8 Å². The van der Waals surface area contributed by atoms with Gasteiger partial charge in [0.05, 0.1) is 33.6 Å². The van der Waals surface area contributed by atoms with Crippen LogP contribution in [-0.4, -0.2) is 66.8 Å². The van der Waals surface area contributed by atoms with Crippen LogP contribution < -0.4 is 19.8 Å². The Morgan fingerprint density at radius 1 is 1.19 bits per heavy atom. The molecule has 26 heavy (non-hydrogen) atoms. The Morgan fingerprint density at radius 3 is 2.73 bits per heavy atom. The van der Waals surface area contributed by atoms with Gasteiger partial charge in [0.1, 0.15) is 0 Å². The van der Waals surface area contributed by atoms with Crippen LogP contribution in [0.3, 0.4) is 0 Å². The second kappa shape index (κ2) is 8.30. The van der Waals surface area contributed by atoms with Crippen molar-refractivity contribution in [3.63, 3.8) is 0 Å². The summed E-state index contributed by atoms with van der Waals surface area (Å²) >= 11 is 0. The molecule has 1 saturated heterocycles. The molecule has 1 aliphatic heterocycles. The molecule has 0 saturated carbocycles. The number of aromatic hydroxyl groups is 1. The number of ether oxygens (including phenoxy) is 3. The number of morpholine rings is 1. The van der Waals surface area contributed by atoms with Crippen LogP contribution in [0.1, 0.15) is 5.56 Å². The Bertz CT molecular complexity index is 779. The quantitative estimate of drug-likeness (QED) is 0.572. The molecule has 1 aromatic heterocycles. The molecule has 0 radical (unpaired) electrons. The predicted molar refractivity (Wildman–Crippen MR) is 95.3 cm³/mol.